The van der Waals surface area contributed by atoms with Gasteiger partial charge in [-0.1, -0.05) is 18.2 Å². The minimum Gasteiger partial charge on any atom is -0.348 e. The van der Waals surface area contributed by atoms with E-state index in [2.05, 4.69) is 40.9 Å². The number of thioether (sulfide) groups is 1. The summed E-state index contributed by atoms with van der Waals surface area (Å²) in [6.45, 7) is 6.29. The van der Waals surface area contributed by atoms with Crippen molar-refractivity contribution in [2.75, 3.05) is 22.9 Å². The molecule has 0 saturated carbocycles. The monoisotopic (exact) mass is 438 g/mol. The quantitative estimate of drug-likeness (QED) is 0.254. The molecule has 4 N–H and O–H groups in total. The van der Waals surface area contributed by atoms with E-state index in [4.69, 9.17) is 0 Å². The van der Waals surface area contributed by atoms with Crippen molar-refractivity contribution in [2.45, 2.75) is 26.5 Å². The lowest BCUT2D eigenvalue weighted by Crippen LogP contribution is -2.39. The second kappa shape index (κ2) is 11.1. The Balaban J connectivity index is 1.61. The highest BCUT2D eigenvalue weighted by atomic mass is 32.2. The Hall–Kier alpha value is -3.40. The van der Waals surface area contributed by atoms with E-state index in [1.807, 2.05) is 57.2 Å². The van der Waals surface area contributed by atoms with Gasteiger partial charge in [0.1, 0.15) is 0 Å². The highest BCUT2D eigenvalue weighted by molar-refractivity contribution is 7.98. The van der Waals surface area contributed by atoms with Crippen LogP contribution in [0.15, 0.2) is 47.7 Å². The van der Waals surface area contributed by atoms with Gasteiger partial charge in [0.2, 0.25) is 11.9 Å². The molecule has 2 amide bonds. The maximum atomic E-state index is 12.4. The Morgan fingerprint density at radius 3 is 2.52 bits per heavy atom. The maximum absolute atomic E-state index is 12.4. The molecule has 1 aromatic carbocycles. The molecule has 3 rings (SSSR count). The number of hydrogen-bond acceptors (Lipinski definition) is 6. The first-order valence-corrected chi connectivity index (χ1v) is 11.0. The van der Waals surface area contributed by atoms with Crippen LogP contribution in [-0.2, 0) is 5.75 Å². The van der Waals surface area contributed by atoms with Crippen molar-refractivity contribution in [3.8, 4) is 0 Å². The van der Waals surface area contributed by atoms with Gasteiger partial charge in [-0.3, -0.25) is 15.6 Å². The summed E-state index contributed by atoms with van der Waals surface area (Å²) < 4.78 is 0. The lowest BCUT2D eigenvalue weighted by molar-refractivity contribution is 0.256. The number of aromatic amines is 1. The third-order valence-electron chi connectivity index (χ3n) is 4.15. The number of urea groups is 1. The molecule has 2 aromatic heterocycles. The number of rotatable bonds is 7. The zero-order valence-electron chi connectivity index (χ0n) is 17.8. The van der Waals surface area contributed by atoms with Crippen LogP contribution in [0.3, 0.4) is 0 Å². The molecule has 10 heteroatoms. The van der Waals surface area contributed by atoms with Crippen LogP contribution in [0.4, 0.5) is 16.4 Å². The van der Waals surface area contributed by atoms with Gasteiger partial charge in [-0.15, -0.1) is 0 Å². The predicted octanol–water partition coefficient (Wildman–Crippen LogP) is 3.65. The topological polar surface area (TPSA) is 120 Å². The van der Waals surface area contributed by atoms with Crippen molar-refractivity contribution in [3.05, 3.63) is 65.5 Å². The Morgan fingerprint density at radius 2 is 1.84 bits per heavy atom. The van der Waals surface area contributed by atoms with Crippen LogP contribution in [-0.4, -0.2) is 44.2 Å². The summed E-state index contributed by atoms with van der Waals surface area (Å²) in [5, 5.41) is 8.55. The molecule has 162 valence electrons. The largest absolute Gasteiger partial charge is 0.348 e. The van der Waals surface area contributed by atoms with E-state index in [0.29, 0.717) is 18.2 Å². The number of imidazole rings is 1. The number of nitrogens with zero attached hydrogens (tertiary/aromatic N) is 4. The molecule has 3 aromatic rings. The fourth-order valence-corrected chi connectivity index (χ4v) is 3.56. The van der Waals surface area contributed by atoms with Gasteiger partial charge >= 0.3 is 6.03 Å². The fraction of sp³-hybridized carbons (Fsp3) is 0.286. The van der Waals surface area contributed by atoms with Gasteiger partial charge in [0, 0.05) is 34.3 Å². The molecule has 9 nitrogen and oxygen atoms in total. The van der Waals surface area contributed by atoms with Crippen molar-refractivity contribution in [3.63, 3.8) is 0 Å². The van der Waals surface area contributed by atoms with Crippen molar-refractivity contribution in [2.24, 2.45) is 4.99 Å². The number of H-pyrrole nitrogens is 1. The van der Waals surface area contributed by atoms with Crippen LogP contribution in [0, 0.1) is 20.8 Å². The number of aryl methyl sites for hydroxylation is 3. The Morgan fingerprint density at radius 1 is 1.10 bits per heavy atom. The Kier molecular flexibility index (Phi) is 7.99. The Bertz CT molecular complexity index is 1010. The van der Waals surface area contributed by atoms with Crippen molar-refractivity contribution < 1.29 is 4.79 Å². The maximum Gasteiger partial charge on any atom is 0.326 e. The molecular weight excluding hydrogens is 412 g/mol. The average molecular weight is 439 g/mol. The fourth-order valence-electron chi connectivity index (χ4n) is 2.71. The van der Waals surface area contributed by atoms with Crippen LogP contribution in [0.25, 0.3) is 0 Å². The molecule has 0 atom stereocenters. The summed E-state index contributed by atoms with van der Waals surface area (Å²) in [6, 6.07) is 10.7. The van der Waals surface area contributed by atoms with E-state index in [0.717, 1.165) is 34.3 Å². The van der Waals surface area contributed by atoms with E-state index in [1.54, 1.807) is 18.1 Å². The van der Waals surface area contributed by atoms with E-state index in [-0.39, 0.29) is 5.96 Å². The lowest BCUT2D eigenvalue weighted by atomic mass is 10.3. The van der Waals surface area contributed by atoms with Crippen LogP contribution in [0.1, 0.15) is 22.8 Å². The first-order valence-electron chi connectivity index (χ1n) is 9.83. The third kappa shape index (κ3) is 7.41. The van der Waals surface area contributed by atoms with E-state index in [1.165, 1.54) is 0 Å². The second-order valence-corrected chi connectivity index (χ2v) is 7.91. The second-order valence-electron chi connectivity index (χ2n) is 6.80. The number of aliphatic imine (C=N–C) groups is 1. The summed E-state index contributed by atoms with van der Waals surface area (Å²) in [5.41, 5.74) is 4.45. The Labute approximate surface area is 185 Å². The number of amides is 2. The number of guanidine groups is 1. The summed E-state index contributed by atoms with van der Waals surface area (Å²) in [5.74, 6) is 2.24. The summed E-state index contributed by atoms with van der Waals surface area (Å²) in [6.07, 6.45) is 1.70. The minimum atomic E-state index is -0.401. The van der Waals surface area contributed by atoms with Gasteiger partial charge in [0.15, 0.2) is 0 Å². The number of carbonyl (C=O) groups excluding carboxylic acids is 1. The van der Waals surface area contributed by atoms with Crippen molar-refractivity contribution >= 4 is 35.4 Å². The van der Waals surface area contributed by atoms with Crippen molar-refractivity contribution in [1.29, 1.82) is 0 Å². The van der Waals surface area contributed by atoms with Crippen LogP contribution in [0.2, 0.25) is 0 Å². The van der Waals surface area contributed by atoms with Crippen LogP contribution in [0.5, 0.6) is 0 Å². The van der Waals surface area contributed by atoms with Crippen LogP contribution < -0.4 is 16.0 Å². The molecule has 0 fully saturated rings. The zero-order chi connectivity index (χ0) is 22.1. The predicted molar refractivity (Wildman–Crippen MR) is 126 cm³/mol. The molecular formula is C21H26N8OS. The van der Waals surface area contributed by atoms with Gasteiger partial charge in [-0.2, -0.15) is 11.8 Å². The minimum absolute atomic E-state index is 0.287. The van der Waals surface area contributed by atoms with E-state index < -0.39 is 6.03 Å². The van der Waals surface area contributed by atoms with E-state index >= 15 is 0 Å². The molecule has 0 bridgehead atoms. The number of anilines is 2. The van der Waals surface area contributed by atoms with Gasteiger partial charge in [-0.25, -0.2) is 19.7 Å². The molecule has 0 aliphatic heterocycles. The number of para-hydroxylation sites is 1. The molecule has 0 saturated heterocycles. The smallest absolute Gasteiger partial charge is 0.326 e. The highest BCUT2D eigenvalue weighted by Gasteiger charge is 2.09. The van der Waals surface area contributed by atoms with Gasteiger partial charge < -0.3 is 10.3 Å². The normalized spacial score (nSPS) is 11.3. The van der Waals surface area contributed by atoms with E-state index in [9.17, 15) is 4.79 Å². The van der Waals surface area contributed by atoms with Gasteiger partial charge in [0.05, 0.1) is 18.6 Å². The lowest BCUT2D eigenvalue weighted by Gasteiger charge is -2.12. The standard InChI is InChI=1S/C21H26N8OS/c1-14-11-15(2)26-20(25-14)28-19(29-21(30)27-17-7-5-4-6-8-17)22-9-10-31-12-18-16(3)23-13-24-18/h4-8,11,13H,9-10,12H2,1-3H3,(H,23,24)(H3,22,25,26,27,28,29,30). The van der Waals surface area contributed by atoms with Crippen LogP contribution >= 0.6 is 11.8 Å². The van der Waals surface area contributed by atoms with Crippen molar-refractivity contribution in [1.82, 2.24) is 25.3 Å². The first-order chi connectivity index (χ1) is 15.0. The average Bonchev–Trinajstić information content (AvgIpc) is 3.12. The first kappa shape index (κ1) is 22.3. The highest BCUT2D eigenvalue weighted by Crippen LogP contribution is 2.12. The number of aromatic nitrogens is 4. The number of hydrogen-bond donors (Lipinski definition) is 4. The number of nitrogens with one attached hydrogen (secondary N) is 4. The molecule has 0 aliphatic rings. The third-order valence-corrected chi connectivity index (χ3v) is 5.10. The summed E-state index contributed by atoms with van der Waals surface area (Å²) >= 11 is 1.72. The molecule has 0 unspecified atom stereocenters. The molecule has 0 aliphatic carbocycles. The number of benzene rings is 1. The molecule has 2 heterocycles. The molecule has 0 radical (unpaired) electrons. The zero-order valence-corrected chi connectivity index (χ0v) is 18.6. The number of carbonyl (C=O) groups is 1. The summed E-state index contributed by atoms with van der Waals surface area (Å²) in [4.78, 5) is 33.0. The van der Waals surface area contributed by atoms with Gasteiger partial charge in [0.25, 0.3) is 0 Å². The summed E-state index contributed by atoms with van der Waals surface area (Å²) in [7, 11) is 0. The molecule has 0 spiro atoms. The SMILES string of the molecule is Cc1cc(C)nc(NC(=NCCSCc2nc[nH]c2C)NC(=O)Nc2ccccc2)n1. The van der Waals surface area contributed by atoms with Gasteiger partial charge in [-0.05, 0) is 39.0 Å². The molecule has 31 heavy (non-hydrogen) atoms.